The molecule has 6 heteroatoms. The van der Waals surface area contributed by atoms with Crippen molar-refractivity contribution in [1.82, 2.24) is 4.90 Å². The molecule has 1 unspecified atom stereocenters. The number of fused-ring (bicyclic) bond motifs is 1. The Kier molecular flexibility index (Phi) is 4.86. The van der Waals surface area contributed by atoms with E-state index < -0.39 is 0 Å². The van der Waals surface area contributed by atoms with Gasteiger partial charge in [0.2, 0.25) is 5.91 Å². The fourth-order valence-electron chi connectivity index (χ4n) is 3.50. The van der Waals surface area contributed by atoms with Gasteiger partial charge in [0.25, 0.3) is 0 Å². The second-order valence-corrected chi connectivity index (χ2v) is 8.06. The summed E-state index contributed by atoms with van der Waals surface area (Å²) in [5.41, 5.74) is 3.76. The van der Waals surface area contributed by atoms with Gasteiger partial charge in [0.05, 0.1) is 29.2 Å². The van der Waals surface area contributed by atoms with Gasteiger partial charge in [0.15, 0.2) is 0 Å². The van der Waals surface area contributed by atoms with E-state index in [4.69, 9.17) is 11.6 Å². The summed E-state index contributed by atoms with van der Waals surface area (Å²) in [6, 6.07) is 18.1. The highest BCUT2D eigenvalue weighted by Crippen LogP contribution is 2.44. The van der Waals surface area contributed by atoms with Gasteiger partial charge in [0, 0.05) is 23.0 Å². The lowest BCUT2D eigenvalue weighted by molar-refractivity contribution is -0.129. The van der Waals surface area contributed by atoms with Crippen LogP contribution in [0.1, 0.15) is 23.5 Å². The van der Waals surface area contributed by atoms with Crippen LogP contribution < -0.4 is 4.90 Å². The van der Waals surface area contributed by atoms with Crippen molar-refractivity contribution in [3.8, 4) is 6.07 Å². The molecule has 4 nitrogen and oxygen atoms in total. The summed E-state index contributed by atoms with van der Waals surface area (Å²) in [6.45, 7) is 2.52. The van der Waals surface area contributed by atoms with Crippen molar-refractivity contribution < 1.29 is 4.79 Å². The van der Waals surface area contributed by atoms with E-state index in [1.165, 1.54) is 5.56 Å². The average Bonchev–Trinajstić information content (AvgIpc) is 2.69. The maximum atomic E-state index is 12.9. The third-order valence-electron chi connectivity index (χ3n) is 4.97. The number of carbonyl (C=O) groups excluding carboxylic acids is 1. The molecule has 4 rings (SSSR count). The zero-order valence-electron chi connectivity index (χ0n) is 14.9. The molecule has 1 saturated heterocycles. The van der Waals surface area contributed by atoms with E-state index >= 15 is 0 Å². The highest BCUT2D eigenvalue weighted by molar-refractivity contribution is 8.03. The van der Waals surface area contributed by atoms with Gasteiger partial charge in [-0.15, -0.1) is 0 Å². The van der Waals surface area contributed by atoms with Crippen LogP contribution in [0.4, 0.5) is 5.69 Å². The van der Waals surface area contributed by atoms with Gasteiger partial charge in [0.1, 0.15) is 0 Å². The number of nitrogens with zero attached hydrogens (tertiary/aromatic N) is 3. The van der Waals surface area contributed by atoms with Crippen LogP contribution in [0.25, 0.3) is 0 Å². The molecule has 0 aliphatic carbocycles. The standard InChI is InChI=1S/C21H18ClN3OS/c1-14-6-8-15(9-7-14)24-12-25-20(26)10-17(16-4-2-3-5-19(16)22)18(11-23)21(25)27-13-24/h2-9,17H,10,12-13H2,1H3. The largest absolute Gasteiger partial charge is 0.344 e. The average molecular weight is 396 g/mol. The first-order valence-electron chi connectivity index (χ1n) is 8.72. The van der Waals surface area contributed by atoms with Crippen molar-refractivity contribution in [3.63, 3.8) is 0 Å². The van der Waals surface area contributed by atoms with Crippen LogP contribution in [-0.4, -0.2) is 23.4 Å². The first kappa shape index (κ1) is 18.0. The van der Waals surface area contributed by atoms with Gasteiger partial charge in [-0.05, 0) is 30.7 Å². The van der Waals surface area contributed by atoms with Crippen LogP contribution in [0, 0.1) is 18.3 Å². The Morgan fingerprint density at radius 1 is 1.19 bits per heavy atom. The molecule has 0 spiro atoms. The molecular formula is C21H18ClN3OS. The number of allylic oxidation sites excluding steroid dienone is 1. The minimum absolute atomic E-state index is 0.0261. The van der Waals surface area contributed by atoms with Crippen molar-refractivity contribution in [2.24, 2.45) is 0 Å². The molecule has 1 amide bonds. The molecular weight excluding hydrogens is 378 g/mol. The quantitative estimate of drug-likeness (QED) is 0.727. The minimum Gasteiger partial charge on any atom is -0.344 e. The predicted octanol–water partition coefficient (Wildman–Crippen LogP) is 4.87. The zero-order chi connectivity index (χ0) is 19.0. The number of nitriles is 1. The number of halogens is 1. The number of thioether (sulfide) groups is 1. The Labute approximate surface area is 168 Å². The Hall–Kier alpha value is -2.42. The number of anilines is 1. The summed E-state index contributed by atoms with van der Waals surface area (Å²) in [4.78, 5) is 16.8. The molecule has 27 heavy (non-hydrogen) atoms. The fourth-order valence-corrected chi connectivity index (χ4v) is 4.94. The fraction of sp³-hybridized carbons (Fsp3) is 0.238. The molecule has 0 aromatic heterocycles. The molecule has 0 radical (unpaired) electrons. The summed E-state index contributed by atoms with van der Waals surface area (Å²) < 4.78 is 0. The van der Waals surface area contributed by atoms with E-state index in [2.05, 4.69) is 42.2 Å². The monoisotopic (exact) mass is 395 g/mol. The SMILES string of the molecule is Cc1ccc(N2CSC3=C(C#N)C(c4ccccc4Cl)CC(=O)N3C2)cc1. The van der Waals surface area contributed by atoms with Gasteiger partial charge >= 0.3 is 0 Å². The van der Waals surface area contributed by atoms with Gasteiger partial charge < -0.3 is 4.90 Å². The molecule has 0 bridgehead atoms. The molecule has 1 fully saturated rings. The Bertz CT molecular complexity index is 964. The van der Waals surface area contributed by atoms with E-state index in [1.54, 1.807) is 22.7 Å². The summed E-state index contributed by atoms with van der Waals surface area (Å²) >= 11 is 7.89. The summed E-state index contributed by atoms with van der Waals surface area (Å²) in [5, 5.41) is 11.2. The van der Waals surface area contributed by atoms with Gasteiger partial charge in [-0.2, -0.15) is 5.26 Å². The van der Waals surface area contributed by atoms with Crippen molar-refractivity contribution in [2.45, 2.75) is 19.3 Å². The molecule has 2 aromatic rings. The molecule has 2 aliphatic rings. The molecule has 0 N–H and O–H groups in total. The number of aryl methyl sites for hydroxylation is 1. The molecule has 2 aliphatic heterocycles. The Morgan fingerprint density at radius 3 is 2.63 bits per heavy atom. The number of carbonyl (C=O) groups is 1. The van der Waals surface area contributed by atoms with E-state index in [0.29, 0.717) is 23.1 Å². The van der Waals surface area contributed by atoms with E-state index in [1.807, 2.05) is 18.2 Å². The molecule has 1 atom stereocenters. The first-order chi connectivity index (χ1) is 13.1. The van der Waals surface area contributed by atoms with Crippen molar-refractivity contribution in [1.29, 1.82) is 5.26 Å². The normalized spacial score (nSPS) is 19.7. The van der Waals surface area contributed by atoms with E-state index in [-0.39, 0.29) is 18.2 Å². The Balaban J connectivity index is 1.68. The number of amides is 1. The summed E-state index contributed by atoms with van der Waals surface area (Å²) in [6.07, 6.45) is 0.262. The second-order valence-electron chi connectivity index (χ2n) is 6.72. The van der Waals surface area contributed by atoms with Crippen LogP contribution in [-0.2, 0) is 4.79 Å². The van der Waals surface area contributed by atoms with Crippen LogP contribution >= 0.6 is 23.4 Å². The number of hydrogen-bond donors (Lipinski definition) is 0. The van der Waals surface area contributed by atoms with Crippen LogP contribution in [0.5, 0.6) is 0 Å². The maximum absolute atomic E-state index is 12.9. The molecule has 2 heterocycles. The van der Waals surface area contributed by atoms with E-state index in [0.717, 1.165) is 16.3 Å². The van der Waals surface area contributed by atoms with Crippen molar-refractivity contribution >= 4 is 35.0 Å². The highest BCUT2D eigenvalue weighted by atomic mass is 35.5. The van der Waals surface area contributed by atoms with Crippen LogP contribution in [0.3, 0.4) is 0 Å². The van der Waals surface area contributed by atoms with Gasteiger partial charge in [-0.3, -0.25) is 9.69 Å². The topological polar surface area (TPSA) is 47.3 Å². The number of benzene rings is 2. The van der Waals surface area contributed by atoms with Gasteiger partial charge in [-0.25, -0.2) is 0 Å². The van der Waals surface area contributed by atoms with Crippen molar-refractivity contribution in [2.75, 3.05) is 17.4 Å². The molecule has 0 saturated carbocycles. The van der Waals surface area contributed by atoms with Gasteiger partial charge in [-0.1, -0.05) is 59.3 Å². The van der Waals surface area contributed by atoms with Crippen molar-refractivity contribution in [3.05, 3.63) is 75.3 Å². The van der Waals surface area contributed by atoms with E-state index in [9.17, 15) is 10.1 Å². The lowest BCUT2D eigenvalue weighted by atomic mass is 9.86. The molecule has 2 aromatic carbocycles. The lowest BCUT2D eigenvalue weighted by Gasteiger charge is -2.42. The predicted molar refractivity (Wildman–Crippen MR) is 109 cm³/mol. The molecule has 136 valence electrons. The third-order valence-corrected chi connectivity index (χ3v) is 6.47. The van der Waals surface area contributed by atoms with Crippen LogP contribution in [0.2, 0.25) is 5.02 Å². The number of rotatable bonds is 2. The lowest BCUT2D eigenvalue weighted by Crippen LogP contribution is -2.47. The maximum Gasteiger partial charge on any atom is 0.229 e. The zero-order valence-corrected chi connectivity index (χ0v) is 16.4. The third kappa shape index (κ3) is 3.31. The Morgan fingerprint density at radius 2 is 1.93 bits per heavy atom. The summed E-state index contributed by atoms with van der Waals surface area (Å²) in [5.74, 6) is 0.446. The van der Waals surface area contributed by atoms with Crippen LogP contribution in [0.15, 0.2) is 59.1 Å². The number of hydrogen-bond acceptors (Lipinski definition) is 4. The second kappa shape index (κ2) is 7.30. The minimum atomic E-state index is -0.277. The first-order valence-corrected chi connectivity index (χ1v) is 10.1. The highest BCUT2D eigenvalue weighted by Gasteiger charge is 2.38. The summed E-state index contributed by atoms with van der Waals surface area (Å²) in [7, 11) is 0. The smallest absolute Gasteiger partial charge is 0.229 e.